The van der Waals surface area contributed by atoms with Gasteiger partial charge in [0.1, 0.15) is 0 Å². The van der Waals surface area contributed by atoms with Gasteiger partial charge < -0.3 is 0 Å². The van der Waals surface area contributed by atoms with Crippen molar-refractivity contribution in [2.24, 2.45) is 0 Å². The van der Waals surface area contributed by atoms with Gasteiger partial charge in [0.2, 0.25) is 5.14 Å². The minimum atomic E-state index is 1.01. The molecule has 0 aliphatic heterocycles. The molecule has 0 unspecified atom stereocenters. The molecule has 0 amide bonds. The number of halogens is 1. The van der Waals surface area contributed by atoms with Crippen LogP contribution in [0.5, 0.6) is 0 Å². The van der Waals surface area contributed by atoms with E-state index in [2.05, 4.69) is 29.0 Å². The lowest BCUT2D eigenvalue weighted by Crippen LogP contribution is -1.76. The molecule has 0 bridgehead atoms. The number of hydrogen-bond donors (Lipinski definition) is 0. The third kappa shape index (κ3) is 5.89. The summed E-state index contributed by atoms with van der Waals surface area (Å²) in [6, 6.07) is 0. The van der Waals surface area contributed by atoms with E-state index in [1.54, 1.807) is 0 Å². The van der Waals surface area contributed by atoms with E-state index >= 15 is 0 Å². The molecule has 0 heterocycles. The van der Waals surface area contributed by atoms with E-state index in [9.17, 15) is 0 Å². The maximum atomic E-state index is 3.82. The third-order valence-corrected chi connectivity index (χ3v) is 1.79. The Labute approximate surface area is 70.8 Å². The Morgan fingerprint density at radius 3 is 2.67 bits per heavy atom. The fourth-order valence-electron chi connectivity index (χ4n) is 0.347. The molecular formula is C7H10BI. The Balaban J connectivity index is 3.57. The third-order valence-electron chi connectivity index (χ3n) is 0.807. The quantitative estimate of drug-likeness (QED) is 0.398. The maximum absolute atomic E-state index is 3.82. The Kier molecular flexibility index (Phi) is 6.15. The van der Waals surface area contributed by atoms with Crippen molar-refractivity contribution in [2.75, 3.05) is 0 Å². The maximum Gasteiger partial charge on any atom is 0.231 e. The fourth-order valence-corrected chi connectivity index (χ4v) is 0.602. The lowest BCUT2D eigenvalue weighted by atomic mass is 9.97. The van der Waals surface area contributed by atoms with E-state index in [-0.39, 0.29) is 0 Å². The van der Waals surface area contributed by atoms with Crippen LogP contribution in [0.15, 0.2) is 36.4 Å². The molecule has 9 heavy (non-hydrogen) atoms. The van der Waals surface area contributed by atoms with E-state index in [1.165, 1.54) is 0 Å². The van der Waals surface area contributed by atoms with Crippen LogP contribution in [0.4, 0.5) is 0 Å². The molecule has 0 saturated carbocycles. The summed E-state index contributed by atoms with van der Waals surface area (Å²) in [6.45, 7) is 5.81. The molecule has 0 aliphatic rings. The summed E-state index contributed by atoms with van der Waals surface area (Å²) in [5.74, 6) is 0. The van der Waals surface area contributed by atoms with Gasteiger partial charge in [-0.05, 0) is 6.92 Å². The zero-order chi connectivity index (χ0) is 7.11. The molecule has 2 heteroatoms. The summed E-state index contributed by atoms with van der Waals surface area (Å²) in [7, 11) is 0. The van der Waals surface area contributed by atoms with Crippen LogP contribution in [0.25, 0.3) is 0 Å². The molecule has 0 rings (SSSR count). The van der Waals surface area contributed by atoms with Crippen molar-refractivity contribution in [2.45, 2.75) is 6.92 Å². The molecule has 0 aliphatic carbocycles. The molecule has 48 valence electrons. The number of allylic oxidation sites excluding steroid dienone is 5. The standard InChI is InChI=1S/C7H10BI/c1-3-4-5-6-7(2)8-9/h3-6,8H,2H2,1H3/b4-3-,6-5-. The van der Waals surface area contributed by atoms with Gasteiger partial charge >= 0.3 is 0 Å². The predicted molar refractivity (Wildman–Crippen MR) is 54.3 cm³/mol. The molecule has 0 radical (unpaired) electrons. The zero-order valence-corrected chi connectivity index (χ0v) is 7.76. The van der Waals surface area contributed by atoms with Crippen LogP contribution in [-0.4, -0.2) is 5.14 Å². The van der Waals surface area contributed by atoms with Gasteiger partial charge in [-0.25, -0.2) is 0 Å². The summed E-state index contributed by atoms with van der Waals surface area (Å²) in [6.07, 6.45) is 8.02. The van der Waals surface area contributed by atoms with Crippen molar-refractivity contribution in [1.82, 2.24) is 0 Å². The van der Waals surface area contributed by atoms with E-state index in [1.807, 2.05) is 31.2 Å². The summed E-state index contributed by atoms with van der Waals surface area (Å²) >= 11 is 2.29. The van der Waals surface area contributed by atoms with Crippen molar-refractivity contribution in [3.05, 3.63) is 36.4 Å². The number of rotatable bonds is 3. The van der Waals surface area contributed by atoms with E-state index in [4.69, 9.17) is 0 Å². The second-order valence-electron chi connectivity index (χ2n) is 1.68. The van der Waals surface area contributed by atoms with Crippen molar-refractivity contribution >= 4 is 27.5 Å². The predicted octanol–water partition coefficient (Wildman–Crippen LogP) is 2.42. The molecule has 0 aromatic carbocycles. The fraction of sp³-hybridized carbons (Fsp3) is 0.143. The smallest absolute Gasteiger partial charge is 0.148 e. The lowest BCUT2D eigenvalue weighted by Gasteiger charge is -1.83. The van der Waals surface area contributed by atoms with Crippen LogP contribution < -0.4 is 0 Å². The van der Waals surface area contributed by atoms with Gasteiger partial charge in [-0.2, -0.15) is 0 Å². The highest BCUT2D eigenvalue weighted by atomic mass is 127. The van der Waals surface area contributed by atoms with Crippen LogP contribution in [-0.2, 0) is 0 Å². The SMILES string of the molecule is C=C(BI)/C=C\C=C/C. The van der Waals surface area contributed by atoms with Crippen molar-refractivity contribution in [1.29, 1.82) is 0 Å². The molecule has 0 fully saturated rings. The monoisotopic (exact) mass is 232 g/mol. The largest absolute Gasteiger partial charge is 0.231 e. The van der Waals surface area contributed by atoms with E-state index in [0.717, 1.165) is 10.6 Å². The minimum Gasteiger partial charge on any atom is -0.148 e. The Hall–Kier alpha value is 0.0149. The highest BCUT2D eigenvalue weighted by Gasteiger charge is 1.81. The van der Waals surface area contributed by atoms with Gasteiger partial charge in [0.15, 0.2) is 0 Å². The van der Waals surface area contributed by atoms with Gasteiger partial charge in [-0.3, -0.25) is 0 Å². The van der Waals surface area contributed by atoms with Gasteiger partial charge in [0.25, 0.3) is 0 Å². The molecule has 0 atom stereocenters. The second-order valence-corrected chi connectivity index (χ2v) is 2.44. The highest BCUT2D eigenvalue weighted by molar-refractivity contribution is 14.1. The van der Waals surface area contributed by atoms with Crippen molar-refractivity contribution < 1.29 is 0 Å². The average Bonchev–Trinajstić information content (AvgIpc) is 1.89. The first kappa shape index (κ1) is 9.01. The van der Waals surface area contributed by atoms with Gasteiger partial charge in [-0.1, -0.05) is 29.8 Å². The Bertz CT molecular complexity index is 136. The normalized spacial score (nSPS) is 10.9. The molecule has 0 saturated heterocycles. The molecular weight excluding hydrogens is 222 g/mol. The Morgan fingerprint density at radius 1 is 1.56 bits per heavy atom. The van der Waals surface area contributed by atoms with Crippen LogP contribution in [0.1, 0.15) is 6.92 Å². The second kappa shape index (κ2) is 6.14. The van der Waals surface area contributed by atoms with Gasteiger partial charge in [-0.15, -0.1) is 29.0 Å². The summed E-state index contributed by atoms with van der Waals surface area (Å²) in [4.78, 5) is 0. The number of hydrogen-bond acceptors (Lipinski definition) is 0. The van der Waals surface area contributed by atoms with Gasteiger partial charge in [0, 0.05) is 0 Å². The van der Waals surface area contributed by atoms with Crippen LogP contribution in [0, 0.1) is 0 Å². The molecule has 0 aromatic rings. The zero-order valence-electron chi connectivity index (χ0n) is 5.60. The minimum absolute atomic E-state index is 1.01. The highest BCUT2D eigenvalue weighted by Crippen LogP contribution is 1.94. The topological polar surface area (TPSA) is 0 Å². The van der Waals surface area contributed by atoms with Crippen molar-refractivity contribution in [3.63, 3.8) is 0 Å². The summed E-state index contributed by atoms with van der Waals surface area (Å²) < 4.78 is 0. The van der Waals surface area contributed by atoms with E-state index in [0.29, 0.717) is 0 Å². The van der Waals surface area contributed by atoms with Crippen LogP contribution in [0.3, 0.4) is 0 Å². The first-order valence-electron chi connectivity index (χ1n) is 2.84. The average molecular weight is 232 g/mol. The molecule has 0 spiro atoms. The first-order valence-corrected chi connectivity index (χ1v) is 4.37. The van der Waals surface area contributed by atoms with Gasteiger partial charge in [0.05, 0.1) is 0 Å². The first-order chi connectivity index (χ1) is 4.31. The van der Waals surface area contributed by atoms with Crippen LogP contribution >= 0.6 is 22.4 Å². The molecule has 0 nitrogen and oxygen atoms in total. The van der Waals surface area contributed by atoms with Crippen molar-refractivity contribution in [3.8, 4) is 0 Å². The Morgan fingerprint density at radius 2 is 2.22 bits per heavy atom. The summed E-state index contributed by atoms with van der Waals surface area (Å²) in [5.41, 5.74) is 1.16. The summed E-state index contributed by atoms with van der Waals surface area (Å²) in [5, 5.41) is 1.01. The molecule has 0 aromatic heterocycles. The lowest BCUT2D eigenvalue weighted by molar-refractivity contribution is 1.73. The van der Waals surface area contributed by atoms with Crippen LogP contribution in [0.2, 0.25) is 0 Å². The van der Waals surface area contributed by atoms with E-state index < -0.39 is 0 Å². The molecule has 0 N–H and O–H groups in total.